The molecule has 2 aromatic carbocycles. The van der Waals surface area contributed by atoms with Crippen LogP contribution < -0.4 is 16.0 Å². The summed E-state index contributed by atoms with van der Waals surface area (Å²) < 4.78 is 37.6. The van der Waals surface area contributed by atoms with Crippen LogP contribution in [0, 0.1) is 11.6 Å². The molecule has 0 spiro atoms. The van der Waals surface area contributed by atoms with Crippen LogP contribution in [-0.2, 0) is 20.8 Å². The maximum Gasteiger partial charge on any atom is 0.412 e. The van der Waals surface area contributed by atoms with Gasteiger partial charge in [0.2, 0.25) is 5.91 Å². The Kier molecular flexibility index (Phi) is 10.6. The van der Waals surface area contributed by atoms with E-state index in [1.54, 1.807) is 12.3 Å². The number of aliphatic hydroxyl groups excluding tert-OH is 2. The molecular weight excluding hydrogens is 490 g/mol. The van der Waals surface area contributed by atoms with E-state index in [0.717, 1.165) is 16.8 Å². The molecule has 0 radical (unpaired) electrons. The van der Waals surface area contributed by atoms with E-state index in [0.29, 0.717) is 0 Å². The van der Waals surface area contributed by atoms with Gasteiger partial charge in [-0.25, -0.2) is 18.6 Å². The van der Waals surface area contributed by atoms with Crippen molar-refractivity contribution in [1.82, 2.24) is 15.6 Å². The summed E-state index contributed by atoms with van der Waals surface area (Å²) in [7, 11) is 0. The minimum atomic E-state index is -1.11. The highest BCUT2D eigenvalue weighted by Gasteiger charge is 2.17. The average molecular weight is 519 g/mol. The van der Waals surface area contributed by atoms with Gasteiger partial charge in [0.05, 0.1) is 32.4 Å². The molecule has 5 N–H and O–H groups in total. The first-order valence-electron chi connectivity index (χ1n) is 11.4. The topological polar surface area (TPSA) is 142 Å². The van der Waals surface area contributed by atoms with Gasteiger partial charge in [0.25, 0.3) is 0 Å². The van der Waals surface area contributed by atoms with Crippen LogP contribution in [-0.4, -0.2) is 72.3 Å². The van der Waals surface area contributed by atoms with Crippen molar-refractivity contribution in [3.05, 3.63) is 71.9 Å². The van der Waals surface area contributed by atoms with Crippen molar-refractivity contribution in [3.63, 3.8) is 0 Å². The molecule has 0 aliphatic carbocycles. The molecule has 2 amide bonds. The third kappa shape index (κ3) is 9.03. The van der Waals surface area contributed by atoms with E-state index >= 15 is 0 Å². The van der Waals surface area contributed by atoms with E-state index in [1.807, 2.05) is 24.3 Å². The van der Waals surface area contributed by atoms with E-state index in [1.165, 1.54) is 12.1 Å². The zero-order valence-corrected chi connectivity index (χ0v) is 19.8. The first-order chi connectivity index (χ1) is 17.9. The Morgan fingerprint density at radius 2 is 1.81 bits per heavy atom. The number of aliphatic hydroxyl groups is 2. The summed E-state index contributed by atoms with van der Waals surface area (Å²) in [5.74, 6) is -2.22. The lowest BCUT2D eigenvalue weighted by Gasteiger charge is -2.20. The van der Waals surface area contributed by atoms with Crippen molar-refractivity contribution in [1.29, 1.82) is 0 Å². The van der Waals surface area contributed by atoms with E-state index in [4.69, 9.17) is 14.6 Å². The first kappa shape index (κ1) is 27.9. The molecule has 0 aliphatic heterocycles. The number of amides is 2. The number of hydrogen-bond acceptors (Lipinski definition) is 8. The summed E-state index contributed by atoms with van der Waals surface area (Å²) in [5, 5.41) is 28.0. The lowest BCUT2D eigenvalue weighted by molar-refractivity contribution is -0.122. The maximum atomic E-state index is 13.8. The second-order valence-corrected chi connectivity index (χ2v) is 8.09. The van der Waals surface area contributed by atoms with Crippen molar-refractivity contribution in [3.8, 4) is 0 Å². The monoisotopic (exact) mass is 518 g/mol. The van der Waals surface area contributed by atoms with Crippen LogP contribution in [0.25, 0.3) is 10.8 Å². The second kappa shape index (κ2) is 14.1. The van der Waals surface area contributed by atoms with Crippen LogP contribution in [0.3, 0.4) is 0 Å². The first-order valence-corrected chi connectivity index (χ1v) is 11.4. The minimum absolute atomic E-state index is 0.0629. The molecule has 3 rings (SSSR count). The van der Waals surface area contributed by atoms with Crippen molar-refractivity contribution in [2.45, 2.75) is 18.7 Å². The third-order valence-corrected chi connectivity index (χ3v) is 5.11. The number of ether oxygens (including phenoxy) is 2. The summed E-state index contributed by atoms with van der Waals surface area (Å²) in [5.41, 5.74) is 0.0629. The predicted octanol–water partition coefficient (Wildman–Crippen LogP) is 1.71. The van der Waals surface area contributed by atoms with Gasteiger partial charge in [0.15, 0.2) is 11.6 Å². The smallest absolute Gasteiger partial charge is 0.412 e. The minimum Gasteiger partial charge on any atom is -0.447 e. The molecule has 1 heterocycles. The van der Waals surface area contributed by atoms with Gasteiger partial charge in [-0.15, -0.1) is 0 Å². The van der Waals surface area contributed by atoms with Crippen LogP contribution >= 0.6 is 0 Å². The lowest BCUT2D eigenvalue weighted by Crippen LogP contribution is -2.46. The maximum absolute atomic E-state index is 13.8. The van der Waals surface area contributed by atoms with E-state index in [2.05, 4.69) is 20.9 Å². The molecule has 1 aromatic heterocycles. The van der Waals surface area contributed by atoms with Gasteiger partial charge in [-0.05, 0) is 17.5 Å². The van der Waals surface area contributed by atoms with Crippen molar-refractivity contribution >= 4 is 28.6 Å². The molecule has 0 bridgehead atoms. The van der Waals surface area contributed by atoms with E-state index in [9.17, 15) is 23.5 Å². The Balaban J connectivity index is 1.50. The van der Waals surface area contributed by atoms with Gasteiger partial charge in [-0.2, -0.15) is 0 Å². The number of nitrogens with zero attached hydrogens (tertiary/aromatic N) is 1. The molecule has 3 aromatic rings. The van der Waals surface area contributed by atoms with Gasteiger partial charge >= 0.3 is 6.09 Å². The number of carbonyl (C=O) groups excluding carboxylic acids is 2. The summed E-state index contributed by atoms with van der Waals surface area (Å²) >= 11 is 0. The summed E-state index contributed by atoms with van der Waals surface area (Å²) in [6.07, 6.45) is -0.309. The molecule has 0 saturated carbocycles. The lowest BCUT2D eigenvalue weighted by atomic mass is 10.2. The van der Waals surface area contributed by atoms with Crippen molar-refractivity contribution in [2.75, 3.05) is 38.3 Å². The SMILES string of the molecule is O=C(CNCc1cccc(F)c1F)N[C@@H](COC[C@@H](O)CO)COC(=O)Nc1cc2ccccc2cn1. The molecule has 198 valence electrons. The van der Waals surface area contributed by atoms with Crippen molar-refractivity contribution in [2.24, 2.45) is 0 Å². The fourth-order valence-corrected chi connectivity index (χ4v) is 3.27. The quantitative estimate of drug-likeness (QED) is 0.230. The predicted molar refractivity (Wildman–Crippen MR) is 131 cm³/mol. The molecule has 10 nitrogen and oxygen atoms in total. The standard InChI is InChI=1S/C25H28F2N4O6/c26-21-7-3-6-18(24(21)27)9-28-11-23(34)30-19(13-36-15-20(33)12-32)14-37-25(35)31-22-8-16-4-1-2-5-17(16)10-29-22/h1-8,10,19-20,28,32-33H,9,11-15H2,(H,30,34)(H,29,31,35)/t19-,20-/m0/s1. The number of aromatic nitrogens is 1. The third-order valence-electron chi connectivity index (χ3n) is 5.11. The molecular formula is C25H28F2N4O6. The zero-order chi connectivity index (χ0) is 26.6. The van der Waals surface area contributed by atoms with E-state index in [-0.39, 0.29) is 44.3 Å². The molecule has 0 saturated heterocycles. The van der Waals surface area contributed by atoms with Crippen LogP contribution in [0.15, 0.2) is 54.7 Å². The molecule has 12 heteroatoms. The molecule has 2 atom stereocenters. The fraction of sp³-hybridized carbons (Fsp3) is 0.320. The molecule has 0 fully saturated rings. The summed E-state index contributed by atoms with van der Waals surface area (Å²) in [4.78, 5) is 28.8. The summed E-state index contributed by atoms with van der Waals surface area (Å²) in [6, 6.07) is 12.1. The Hall–Kier alpha value is -3.71. The van der Waals surface area contributed by atoms with Gasteiger partial charge in [-0.3, -0.25) is 10.1 Å². The Labute approximate surface area is 211 Å². The molecule has 0 unspecified atom stereocenters. The number of carbonyl (C=O) groups is 2. The number of rotatable bonds is 13. The molecule has 37 heavy (non-hydrogen) atoms. The van der Waals surface area contributed by atoms with Crippen molar-refractivity contribution < 1.29 is 38.1 Å². The van der Waals surface area contributed by atoms with Crippen LogP contribution in [0.1, 0.15) is 5.56 Å². The molecule has 0 aliphatic rings. The van der Waals surface area contributed by atoms with Crippen LogP contribution in [0.4, 0.5) is 19.4 Å². The summed E-state index contributed by atoms with van der Waals surface area (Å²) in [6.45, 7) is -1.44. The largest absolute Gasteiger partial charge is 0.447 e. The van der Waals surface area contributed by atoms with E-state index < -0.39 is 42.4 Å². The second-order valence-electron chi connectivity index (χ2n) is 8.09. The van der Waals surface area contributed by atoms with Gasteiger partial charge in [0, 0.05) is 23.7 Å². The Bertz CT molecular complexity index is 1200. The number of anilines is 1. The average Bonchev–Trinajstić information content (AvgIpc) is 2.89. The number of pyridine rings is 1. The van der Waals surface area contributed by atoms with Gasteiger partial charge < -0.3 is 30.3 Å². The normalized spacial score (nSPS) is 12.6. The van der Waals surface area contributed by atoms with Gasteiger partial charge in [0.1, 0.15) is 18.5 Å². The Morgan fingerprint density at radius 1 is 1.03 bits per heavy atom. The number of fused-ring (bicyclic) bond motifs is 1. The van der Waals surface area contributed by atoms with Crippen LogP contribution in [0.5, 0.6) is 0 Å². The highest BCUT2D eigenvalue weighted by Crippen LogP contribution is 2.16. The number of benzene rings is 2. The number of halogens is 2. The number of hydrogen-bond donors (Lipinski definition) is 5. The van der Waals surface area contributed by atoms with Gasteiger partial charge in [-0.1, -0.05) is 36.4 Å². The Morgan fingerprint density at radius 3 is 2.59 bits per heavy atom. The highest BCUT2D eigenvalue weighted by molar-refractivity contribution is 5.89. The number of nitrogens with one attached hydrogen (secondary N) is 3. The fourth-order valence-electron chi connectivity index (χ4n) is 3.27. The zero-order valence-electron chi connectivity index (χ0n) is 19.8. The highest BCUT2D eigenvalue weighted by atomic mass is 19.2. The van der Waals surface area contributed by atoms with Crippen LogP contribution in [0.2, 0.25) is 0 Å².